The fourth-order valence-corrected chi connectivity index (χ4v) is 1.54. The number of benzene rings is 1. The van der Waals surface area contributed by atoms with E-state index in [0.29, 0.717) is 10.6 Å². The minimum absolute atomic E-state index is 0.126. The van der Waals surface area contributed by atoms with Crippen molar-refractivity contribution in [2.75, 3.05) is 6.61 Å². The molecule has 0 amide bonds. The van der Waals surface area contributed by atoms with Crippen LogP contribution in [-0.4, -0.2) is 18.7 Å². The molecule has 1 aromatic carbocycles. The average molecular weight is 260 g/mol. The van der Waals surface area contributed by atoms with E-state index in [0.717, 1.165) is 5.56 Å². The molecule has 0 radical (unpaired) electrons. The summed E-state index contributed by atoms with van der Waals surface area (Å²) in [7, 11) is 0. The number of nitrogens with two attached hydrogens (primary N) is 1. The molecule has 2 atom stereocenters. The maximum Gasteiger partial charge on any atom is 0.342 e. The summed E-state index contributed by atoms with van der Waals surface area (Å²) in [6, 6.07) is 3.88. The van der Waals surface area contributed by atoms with Crippen molar-refractivity contribution in [3.05, 3.63) is 34.3 Å². The van der Waals surface area contributed by atoms with Crippen LogP contribution in [0.3, 0.4) is 0 Å². The van der Waals surface area contributed by atoms with Gasteiger partial charge in [0.1, 0.15) is 0 Å². The Morgan fingerprint density at radius 2 is 2.24 bits per heavy atom. The molecule has 2 N–H and O–H groups in total. The molecule has 94 valence electrons. The van der Waals surface area contributed by atoms with Crippen LogP contribution in [0.25, 0.3) is 0 Å². The summed E-state index contributed by atoms with van der Waals surface area (Å²) in [6.07, 6.45) is -1.88. The third kappa shape index (κ3) is 3.41. The van der Waals surface area contributed by atoms with Gasteiger partial charge in [-0.1, -0.05) is 23.7 Å². The molecule has 0 saturated carbocycles. The van der Waals surface area contributed by atoms with Crippen LogP contribution in [0.1, 0.15) is 24.1 Å². The van der Waals surface area contributed by atoms with E-state index in [1.165, 1.54) is 0 Å². The third-order valence-electron chi connectivity index (χ3n) is 2.41. The average Bonchev–Trinajstić information content (AvgIpc) is 2.31. The lowest BCUT2D eigenvalue weighted by Crippen LogP contribution is -2.31. The molecule has 0 spiro atoms. The van der Waals surface area contributed by atoms with E-state index >= 15 is 0 Å². The molecule has 0 aromatic heterocycles. The summed E-state index contributed by atoms with van der Waals surface area (Å²) < 4.78 is 18.2. The second-order valence-electron chi connectivity index (χ2n) is 3.69. The molecule has 1 unspecified atom stereocenters. The van der Waals surface area contributed by atoms with E-state index in [4.69, 9.17) is 17.3 Å². The predicted molar refractivity (Wildman–Crippen MR) is 64.6 cm³/mol. The van der Waals surface area contributed by atoms with Crippen LogP contribution in [0.2, 0.25) is 5.02 Å². The number of rotatable bonds is 4. The molecule has 0 bridgehead atoms. The molecule has 5 heteroatoms. The van der Waals surface area contributed by atoms with Crippen LogP contribution >= 0.6 is 11.6 Å². The van der Waals surface area contributed by atoms with E-state index in [9.17, 15) is 9.18 Å². The Kier molecular flexibility index (Phi) is 4.90. The Balaban J connectivity index is 2.84. The van der Waals surface area contributed by atoms with Crippen LogP contribution < -0.4 is 5.73 Å². The fraction of sp³-hybridized carbons (Fsp3) is 0.417. The summed E-state index contributed by atoms with van der Waals surface area (Å²) in [5, 5.41) is 0.494. The Morgan fingerprint density at radius 3 is 2.76 bits per heavy atom. The maximum atomic E-state index is 13.7. The summed E-state index contributed by atoms with van der Waals surface area (Å²) >= 11 is 5.91. The number of hydrogen-bond acceptors (Lipinski definition) is 3. The Hall–Kier alpha value is -1.13. The van der Waals surface area contributed by atoms with Crippen molar-refractivity contribution < 1.29 is 13.9 Å². The number of esters is 1. The standard InChI is InChI=1S/C12H15ClFNO2/c1-3-17-12(16)10(14)11(15)8-5-4-7(2)9(13)6-8/h4-6,10-11H,3,15H2,1-2H3/t10?,11-/m0/s1. The zero-order valence-corrected chi connectivity index (χ0v) is 10.5. The molecular formula is C12H15ClFNO2. The summed E-state index contributed by atoms with van der Waals surface area (Å²) in [6.45, 7) is 3.56. The molecule has 0 fully saturated rings. The van der Waals surface area contributed by atoms with Gasteiger partial charge in [-0.15, -0.1) is 0 Å². The first kappa shape index (κ1) is 13.9. The largest absolute Gasteiger partial charge is 0.464 e. The lowest BCUT2D eigenvalue weighted by molar-refractivity contribution is -0.149. The van der Waals surface area contributed by atoms with Crippen LogP contribution in [0.5, 0.6) is 0 Å². The summed E-state index contributed by atoms with van der Waals surface area (Å²) in [4.78, 5) is 11.2. The van der Waals surface area contributed by atoms with E-state index < -0.39 is 18.2 Å². The summed E-state index contributed by atoms with van der Waals surface area (Å²) in [5.41, 5.74) is 7.00. The Morgan fingerprint density at radius 1 is 1.59 bits per heavy atom. The Bertz CT molecular complexity index is 411. The van der Waals surface area contributed by atoms with Gasteiger partial charge in [-0.25, -0.2) is 9.18 Å². The van der Waals surface area contributed by atoms with Gasteiger partial charge < -0.3 is 10.5 Å². The normalized spacial score (nSPS) is 14.2. The van der Waals surface area contributed by atoms with Gasteiger partial charge in [-0.05, 0) is 31.0 Å². The van der Waals surface area contributed by atoms with Gasteiger partial charge in [-0.2, -0.15) is 0 Å². The van der Waals surface area contributed by atoms with Gasteiger partial charge in [-0.3, -0.25) is 0 Å². The SMILES string of the molecule is CCOC(=O)C(F)[C@@H](N)c1ccc(C)c(Cl)c1. The number of alkyl halides is 1. The molecule has 0 aliphatic carbocycles. The van der Waals surface area contributed by atoms with E-state index in [-0.39, 0.29) is 6.61 Å². The first-order valence-corrected chi connectivity index (χ1v) is 5.67. The zero-order valence-electron chi connectivity index (χ0n) is 9.74. The second kappa shape index (κ2) is 5.98. The van der Waals surface area contributed by atoms with Crippen LogP contribution in [0, 0.1) is 6.92 Å². The van der Waals surface area contributed by atoms with Gasteiger partial charge in [0.15, 0.2) is 0 Å². The lowest BCUT2D eigenvalue weighted by atomic mass is 10.0. The highest BCUT2D eigenvalue weighted by molar-refractivity contribution is 6.31. The second-order valence-corrected chi connectivity index (χ2v) is 4.10. The van der Waals surface area contributed by atoms with Crippen molar-refractivity contribution in [1.29, 1.82) is 0 Å². The van der Waals surface area contributed by atoms with Crippen molar-refractivity contribution in [3.8, 4) is 0 Å². The van der Waals surface area contributed by atoms with Gasteiger partial charge in [0.25, 0.3) is 0 Å². The van der Waals surface area contributed by atoms with Crippen molar-refractivity contribution in [2.45, 2.75) is 26.1 Å². The van der Waals surface area contributed by atoms with Gasteiger partial charge in [0, 0.05) is 5.02 Å². The van der Waals surface area contributed by atoms with Crippen molar-refractivity contribution in [3.63, 3.8) is 0 Å². The van der Waals surface area contributed by atoms with Gasteiger partial charge in [0.05, 0.1) is 12.6 Å². The number of carbonyl (C=O) groups excluding carboxylic acids is 1. The quantitative estimate of drug-likeness (QED) is 0.846. The fourth-order valence-electron chi connectivity index (χ4n) is 1.35. The molecule has 3 nitrogen and oxygen atoms in total. The number of ether oxygens (including phenoxy) is 1. The number of carbonyl (C=O) groups is 1. The molecule has 17 heavy (non-hydrogen) atoms. The van der Waals surface area contributed by atoms with Crippen LogP contribution in [0.4, 0.5) is 4.39 Å². The van der Waals surface area contributed by atoms with Crippen LogP contribution in [0.15, 0.2) is 18.2 Å². The number of halogens is 2. The Labute approximate surface area is 105 Å². The summed E-state index contributed by atoms with van der Waals surface area (Å²) in [5.74, 6) is -0.948. The van der Waals surface area contributed by atoms with Crippen LogP contribution in [-0.2, 0) is 9.53 Å². The smallest absolute Gasteiger partial charge is 0.342 e. The lowest BCUT2D eigenvalue weighted by Gasteiger charge is -2.16. The molecule has 0 aliphatic heterocycles. The first-order valence-electron chi connectivity index (χ1n) is 5.29. The molecule has 0 saturated heterocycles. The molecule has 1 rings (SSSR count). The minimum Gasteiger partial charge on any atom is -0.464 e. The van der Waals surface area contributed by atoms with Crippen molar-refractivity contribution in [1.82, 2.24) is 0 Å². The number of hydrogen-bond donors (Lipinski definition) is 1. The number of aryl methyl sites for hydroxylation is 1. The highest BCUT2D eigenvalue weighted by Crippen LogP contribution is 2.23. The molecule has 1 aromatic rings. The highest BCUT2D eigenvalue weighted by atomic mass is 35.5. The maximum absolute atomic E-state index is 13.7. The topological polar surface area (TPSA) is 52.3 Å². The molecular weight excluding hydrogens is 245 g/mol. The monoisotopic (exact) mass is 259 g/mol. The highest BCUT2D eigenvalue weighted by Gasteiger charge is 2.27. The third-order valence-corrected chi connectivity index (χ3v) is 2.82. The van der Waals surface area contributed by atoms with Crippen molar-refractivity contribution >= 4 is 17.6 Å². The molecule has 0 heterocycles. The minimum atomic E-state index is -1.88. The van der Waals surface area contributed by atoms with Gasteiger partial charge >= 0.3 is 5.97 Å². The predicted octanol–water partition coefficient (Wildman–Crippen LogP) is 2.55. The van der Waals surface area contributed by atoms with E-state index in [1.807, 2.05) is 6.92 Å². The zero-order chi connectivity index (χ0) is 13.0. The van der Waals surface area contributed by atoms with E-state index in [1.54, 1.807) is 25.1 Å². The molecule has 0 aliphatic rings. The van der Waals surface area contributed by atoms with Crippen molar-refractivity contribution in [2.24, 2.45) is 5.73 Å². The first-order chi connectivity index (χ1) is 7.97. The van der Waals surface area contributed by atoms with E-state index in [2.05, 4.69) is 4.74 Å². The van der Waals surface area contributed by atoms with Gasteiger partial charge in [0.2, 0.25) is 6.17 Å².